The molecule has 0 saturated carbocycles. The summed E-state index contributed by atoms with van der Waals surface area (Å²) in [6, 6.07) is 18.5. The van der Waals surface area contributed by atoms with E-state index in [1.807, 2.05) is 0 Å². The van der Waals surface area contributed by atoms with Crippen molar-refractivity contribution >= 4 is 5.69 Å². The normalized spacial score (nSPS) is 20.5. The average Bonchev–Trinajstić information content (AvgIpc) is 2.69. The molecule has 2 heterocycles. The Morgan fingerprint density at radius 2 is 1.50 bits per heavy atom. The van der Waals surface area contributed by atoms with E-state index in [0.717, 1.165) is 39.0 Å². The third-order valence-electron chi connectivity index (χ3n) is 6.08. The minimum Gasteiger partial charge on any atom is -0.393 e. The zero-order valence-electron chi connectivity index (χ0n) is 15.8. The SMILES string of the molecule is Cc1ccc(-c2cccc(N3CCC(N4CCC(O)CC4)CC3)c2)cc1. The largest absolute Gasteiger partial charge is 0.393 e. The molecule has 0 aliphatic carbocycles. The van der Waals surface area contributed by atoms with E-state index in [4.69, 9.17) is 0 Å². The van der Waals surface area contributed by atoms with Gasteiger partial charge in [-0.2, -0.15) is 0 Å². The van der Waals surface area contributed by atoms with Gasteiger partial charge < -0.3 is 14.9 Å². The first-order valence-corrected chi connectivity index (χ1v) is 10.0. The van der Waals surface area contributed by atoms with Crippen molar-refractivity contribution in [2.24, 2.45) is 0 Å². The highest BCUT2D eigenvalue weighted by Gasteiger charge is 2.27. The van der Waals surface area contributed by atoms with Crippen LogP contribution in [0.4, 0.5) is 5.69 Å². The van der Waals surface area contributed by atoms with Crippen LogP contribution in [-0.2, 0) is 0 Å². The molecule has 0 aromatic heterocycles. The van der Waals surface area contributed by atoms with Crippen molar-refractivity contribution in [3.05, 3.63) is 54.1 Å². The molecule has 2 saturated heterocycles. The minimum absolute atomic E-state index is 0.0733. The summed E-state index contributed by atoms with van der Waals surface area (Å²) in [5.74, 6) is 0. The van der Waals surface area contributed by atoms with Crippen molar-refractivity contribution in [1.82, 2.24) is 4.90 Å². The van der Waals surface area contributed by atoms with E-state index >= 15 is 0 Å². The average molecular weight is 351 g/mol. The smallest absolute Gasteiger partial charge is 0.0564 e. The van der Waals surface area contributed by atoms with Gasteiger partial charge in [-0.25, -0.2) is 0 Å². The van der Waals surface area contributed by atoms with Crippen LogP contribution in [0.3, 0.4) is 0 Å². The van der Waals surface area contributed by atoms with E-state index in [2.05, 4.69) is 65.3 Å². The number of anilines is 1. The molecule has 0 spiro atoms. The number of hydrogen-bond donors (Lipinski definition) is 1. The predicted molar refractivity (Wildman–Crippen MR) is 109 cm³/mol. The van der Waals surface area contributed by atoms with E-state index in [1.165, 1.54) is 35.2 Å². The Bertz CT molecular complexity index is 711. The quantitative estimate of drug-likeness (QED) is 0.903. The lowest BCUT2D eigenvalue weighted by Crippen LogP contribution is -2.48. The van der Waals surface area contributed by atoms with Crippen LogP contribution in [0, 0.1) is 6.92 Å². The zero-order chi connectivity index (χ0) is 17.9. The summed E-state index contributed by atoms with van der Waals surface area (Å²) in [7, 11) is 0. The van der Waals surface area contributed by atoms with Gasteiger partial charge in [0.05, 0.1) is 6.10 Å². The molecule has 0 atom stereocenters. The van der Waals surface area contributed by atoms with Crippen molar-refractivity contribution < 1.29 is 5.11 Å². The summed E-state index contributed by atoms with van der Waals surface area (Å²) in [6.45, 7) is 6.51. The van der Waals surface area contributed by atoms with Gasteiger partial charge in [0.1, 0.15) is 0 Å². The van der Waals surface area contributed by atoms with Crippen molar-refractivity contribution in [3.63, 3.8) is 0 Å². The lowest BCUT2D eigenvalue weighted by molar-refractivity contribution is 0.0542. The molecule has 2 aromatic rings. The van der Waals surface area contributed by atoms with Crippen LogP contribution in [0.15, 0.2) is 48.5 Å². The number of rotatable bonds is 3. The van der Waals surface area contributed by atoms with E-state index in [0.29, 0.717) is 6.04 Å². The van der Waals surface area contributed by atoms with Gasteiger partial charge in [0.2, 0.25) is 0 Å². The van der Waals surface area contributed by atoms with Gasteiger partial charge in [-0.15, -0.1) is 0 Å². The second-order valence-corrected chi connectivity index (χ2v) is 7.90. The molecule has 26 heavy (non-hydrogen) atoms. The molecule has 2 aliphatic heterocycles. The summed E-state index contributed by atoms with van der Waals surface area (Å²) in [4.78, 5) is 5.14. The number of benzene rings is 2. The fourth-order valence-electron chi connectivity index (χ4n) is 4.37. The van der Waals surface area contributed by atoms with Crippen LogP contribution in [0.2, 0.25) is 0 Å². The van der Waals surface area contributed by atoms with Gasteiger partial charge in [-0.3, -0.25) is 0 Å². The number of nitrogens with zero attached hydrogens (tertiary/aromatic N) is 2. The Morgan fingerprint density at radius 1 is 0.808 bits per heavy atom. The third kappa shape index (κ3) is 3.94. The standard InChI is InChI=1S/C23H30N2O/c1-18-5-7-19(8-6-18)20-3-2-4-22(17-20)25-13-9-21(10-14-25)24-15-11-23(26)12-16-24/h2-8,17,21,23,26H,9-16H2,1H3. The monoisotopic (exact) mass is 350 g/mol. The molecule has 3 heteroatoms. The van der Waals surface area contributed by atoms with E-state index < -0.39 is 0 Å². The topological polar surface area (TPSA) is 26.7 Å². The molecule has 2 aromatic carbocycles. The minimum atomic E-state index is -0.0733. The van der Waals surface area contributed by atoms with Gasteiger partial charge in [0, 0.05) is 37.9 Å². The summed E-state index contributed by atoms with van der Waals surface area (Å²) in [5, 5.41) is 9.72. The Labute approximate surface area is 157 Å². The zero-order valence-corrected chi connectivity index (χ0v) is 15.8. The lowest BCUT2D eigenvalue weighted by atomic mass is 9.98. The van der Waals surface area contributed by atoms with Crippen molar-refractivity contribution in [3.8, 4) is 11.1 Å². The van der Waals surface area contributed by atoms with E-state index in [1.54, 1.807) is 0 Å². The maximum atomic E-state index is 9.72. The number of hydrogen-bond acceptors (Lipinski definition) is 3. The highest BCUT2D eigenvalue weighted by Crippen LogP contribution is 2.28. The Hall–Kier alpha value is -1.84. The summed E-state index contributed by atoms with van der Waals surface area (Å²) in [5.41, 5.74) is 5.24. The Morgan fingerprint density at radius 3 is 2.19 bits per heavy atom. The highest BCUT2D eigenvalue weighted by molar-refractivity contribution is 5.68. The summed E-state index contributed by atoms with van der Waals surface area (Å²) < 4.78 is 0. The fraction of sp³-hybridized carbons (Fsp3) is 0.478. The van der Waals surface area contributed by atoms with Crippen LogP contribution in [0.1, 0.15) is 31.2 Å². The highest BCUT2D eigenvalue weighted by atomic mass is 16.3. The van der Waals surface area contributed by atoms with Crippen molar-refractivity contribution in [2.75, 3.05) is 31.1 Å². The van der Waals surface area contributed by atoms with Gasteiger partial charge in [-0.1, -0.05) is 42.0 Å². The van der Waals surface area contributed by atoms with E-state index in [-0.39, 0.29) is 6.10 Å². The molecular weight excluding hydrogens is 320 g/mol. The van der Waals surface area contributed by atoms with Crippen LogP contribution in [0.25, 0.3) is 11.1 Å². The first-order chi connectivity index (χ1) is 12.7. The fourth-order valence-corrected chi connectivity index (χ4v) is 4.37. The van der Waals surface area contributed by atoms with Gasteiger partial charge >= 0.3 is 0 Å². The molecule has 138 valence electrons. The summed E-state index contributed by atoms with van der Waals surface area (Å²) >= 11 is 0. The number of aliphatic hydroxyl groups excluding tert-OH is 1. The molecule has 0 bridgehead atoms. The maximum Gasteiger partial charge on any atom is 0.0564 e. The second-order valence-electron chi connectivity index (χ2n) is 7.90. The Balaban J connectivity index is 1.40. The molecule has 0 amide bonds. The predicted octanol–water partition coefficient (Wildman–Crippen LogP) is 4.09. The first kappa shape index (κ1) is 17.6. The number of aryl methyl sites for hydroxylation is 1. The van der Waals surface area contributed by atoms with Gasteiger partial charge in [0.25, 0.3) is 0 Å². The van der Waals surface area contributed by atoms with Crippen LogP contribution < -0.4 is 4.90 Å². The number of piperidine rings is 2. The number of aliphatic hydroxyl groups is 1. The molecule has 0 unspecified atom stereocenters. The molecule has 2 fully saturated rings. The van der Waals surface area contributed by atoms with E-state index in [9.17, 15) is 5.11 Å². The van der Waals surface area contributed by atoms with Crippen LogP contribution >= 0.6 is 0 Å². The maximum absolute atomic E-state index is 9.72. The Kier molecular flexibility index (Phi) is 5.28. The van der Waals surface area contributed by atoms with Crippen molar-refractivity contribution in [2.45, 2.75) is 44.8 Å². The van der Waals surface area contributed by atoms with Crippen LogP contribution in [0.5, 0.6) is 0 Å². The van der Waals surface area contributed by atoms with Gasteiger partial charge in [-0.05, 0) is 55.9 Å². The molecule has 1 N–H and O–H groups in total. The molecule has 3 nitrogen and oxygen atoms in total. The second kappa shape index (κ2) is 7.81. The van der Waals surface area contributed by atoms with Crippen molar-refractivity contribution in [1.29, 1.82) is 0 Å². The molecule has 0 radical (unpaired) electrons. The van der Waals surface area contributed by atoms with Gasteiger partial charge in [0.15, 0.2) is 0 Å². The lowest BCUT2D eigenvalue weighted by Gasteiger charge is -2.41. The molecular formula is C23H30N2O. The number of likely N-dealkylation sites (tertiary alicyclic amines) is 1. The summed E-state index contributed by atoms with van der Waals surface area (Å²) in [6.07, 6.45) is 4.27. The molecule has 4 rings (SSSR count). The van der Waals surface area contributed by atoms with Crippen LogP contribution in [-0.4, -0.2) is 48.3 Å². The first-order valence-electron chi connectivity index (χ1n) is 10.0. The third-order valence-corrected chi connectivity index (χ3v) is 6.08. The molecule has 2 aliphatic rings.